The summed E-state index contributed by atoms with van der Waals surface area (Å²) < 4.78 is 0. The second kappa shape index (κ2) is 7.13. The number of nitro benzene ring substituents is 1. The van der Waals surface area contributed by atoms with Crippen molar-refractivity contribution >= 4 is 5.69 Å². The van der Waals surface area contributed by atoms with Gasteiger partial charge < -0.3 is 5.32 Å². The largest absolute Gasteiger partial charge is 0.302 e. The first-order valence-electron chi connectivity index (χ1n) is 7.40. The molecule has 2 atom stereocenters. The smallest absolute Gasteiger partial charge is 0.269 e. The van der Waals surface area contributed by atoms with Gasteiger partial charge in [-0.25, -0.2) is 0 Å². The minimum atomic E-state index is -0.382. The lowest BCUT2D eigenvalue weighted by atomic mass is 9.98. The van der Waals surface area contributed by atoms with Crippen molar-refractivity contribution in [1.82, 2.24) is 10.3 Å². The van der Waals surface area contributed by atoms with Crippen LogP contribution in [0.2, 0.25) is 0 Å². The van der Waals surface area contributed by atoms with Gasteiger partial charge in [-0.2, -0.15) is 0 Å². The summed E-state index contributed by atoms with van der Waals surface area (Å²) >= 11 is 0. The molecule has 5 nitrogen and oxygen atoms in total. The zero-order chi connectivity index (χ0) is 16.1. The van der Waals surface area contributed by atoms with E-state index in [1.807, 2.05) is 18.2 Å². The van der Waals surface area contributed by atoms with Gasteiger partial charge in [0.15, 0.2) is 0 Å². The average Bonchev–Trinajstić information content (AvgIpc) is 2.53. The van der Waals surface area contributed by atoms with Crippen molar-refractivity contribution in [3.63, 3.8) is 0 Å². The summed E-state index contributed by atoms with van der Waals surface area (Å²) in [4.78, 5) is 14.8. The maximum atomic E-state index is 10.7. The summed E-state index contributed by atoms with van der Waals surface area (Å²) in [6.07, 6.45) is 1.79. The van der Waals surface area contributed by atoms with Crippen LogP contribution in [0.25, 0.3) is 0 Å². The van der Waals surface area contributed by atoms with E-state index in [2.05, 4.69) is 31.1 Å². The number of rotatable bonds is 6. The fourth-order valence-corrected chi connectivity index (χ4v) is 2.43. The van der Waals surface area contributed by atoms with E-state index in [9.17, 15) is 10.1 Å². The molecule has 0 unspecified atom stereocenters. The lowest BCUT2D eigenvalue weighted by Crippen LogP contribution is -2.29. The van der Waals surface area contributed by atoms with Crippen LogP contribution in [-0.4, -0.2) is 9.91 Å². The Morgan fingerprint density at radius 3 is 2.27 bits per heavy atom. The summed E-state index contributed by atoms with van der Waals surface area (Å²) in [7, 11) is 0. The molecule has 0 radical (unpaired) electrons. The molecule has 2 aromatic rings. The van der Waals surface area contributed by atoms with E-state index < -0.39 is 0 Å². The van der Waals surface area contributed by atoms with Gasteiger partial charge in [0.2, 0.25) is 0 Å². The van der Waals surface area contributed by atoms with Crippen molar-refractivity contribution in [3.05, 3.63) is 70.0 Å². The van der Waals surface area contributed by atoms with Crippen molar-refractivity contribution in [2.75, 3.05) is 0 Å². The highest BCUT2D eigenvalue weighted by atomic mass is 16.6. The molecule has 0 bridgehead atoms. The quantitative estimate of drug-likeness (QED) is 0.645. The molecule has 0 amide bonds. The molecule has 0 aliphatic carbocycles. The van der Waals surface area contributed by atoms with Gasteiger partial charge in [0, 0.05) is 24.4 Å². The van der Waals surface area contributed by atoms with Crippen molar-refractivity contribution in [1.29, 1.82) is 0 Å². The van der Waals surface area contributed by atoms with Gasteiger partial charge in [-0.3, -0.25) is 15.1 Å². The Kier molecular flexibility index (Phi) is 5.22. The SMILES string of the molecule is CC(C)[C@@H](N[C@@H](C)c1ccc([N+](=O)[O-])cc1)c1ccccn1. The number of nitrogens with one attached hydrogen (secondary N) is 1. The molecule has 1 heterocycles. The van der Waals surface area contributed by atoms with E-state index in [4.69, 9.17) is 0 Å². The maximum Gasteiger partial charge on any atom is 0.269 e. The molecule has 22 heavy (non-hydrogen) atoms. The van der Waals surface area contributed by atoms with E-state index in [1.165, 1.54) is 0 Å². The Balaban J connectivity index is 2.14. The fourth-order valence-electron chi connectivity index (χ4n) is 2.43. The van der Waals surface area contributed by atoms with Crippen LogP contribution in [0.4, 0.5) is 5.69 Å². The van der Waals surface area contributed by atoms with Crippen LogP contribution in [0.3, 0.4) is 0 Å². The molecule has 5 heteroatoms. The van der Waals surface area contributed by atoms with Crippen LogP contribution in [0.5, 0.6) is 0 Å². The number of nitro groups is 1. The number of aromatic nitrogens is 1. The molecule has 0 aliphatic heterocycles. The van der Waals surface area contributed by atoms with Crippen LogP contribution >= 0.6 is 0 Å². The third kappa shape index (κ3) is 3.89. The predicted molar refractivity (Wildman–Crippen MR) is 86.5 cm³/mol. The van der Waals surface area contributed by atoms with Crippen LogP contribution in [0.1, 0.15) is 44.1 Å². The van der Waals surface area contributed by atoms with E-state index in [-0.39, 0.29) is 22.7 Å². The zero-order valence-electron chi connectivity index (χ0n) is 13.1. The minimum absolute atomic E-state index is 0.0789. The van der Waals surface area contributed by atoms with Gasteiger partial charge >= 0.3 is 0 Å². The van der Waals surface area contributed by atoms with Gasteiger partial charge in [-0.15, -0.1) is 0 Å². The van der Waals surface area contributed by atoms with Crippen molar-refractivity contribution in [2.24, 2.45) is 5.92 Å². The number of non-ortho nitro benzene ring substituents is 1. The van der Waals surface area contributed by atoms with E-state index >= 15 is 0 Å². The summed E-state index contributed by atoms with van der Waals surface area (Å²) in [6, 6.07) is 12.8. The molecule has 0 fully saturated rings. The molecule has 1 N–H and O–H groups in total. The monoisotopic (exact) mass is 299 g/mol. The Morgan fingerprint density at radius 1 is 1.09 bits per heavy atom. The molecule has 1 aromatic heterocycles. The molecule has 0 aliphatic rings. The standard InChI is InChI=1S/C17H21N3O2/c1-12(2)17(16-6-4-5-11-18-16)19-13(3)14-7-9-15(10-8-14)20(21)22/h4-13,17,19H,1-3H3/t13-,17+/m0/s1. The first-order valence-corrected chi connectivity index (χ1v) is 7.40. The van der Waals surface area contributed by atoms with Gasteiger partial charge in [0.25, 0.3) is 5.69 Å². The Bertz CT molecular complexity index is 612. The highest BCUT2D eigenvalue weighted by Gasteiger charge is 2.20. The lowest BCUT2D eigenvalue weighted by Gasteiger charge is -2.26. The number of hydrogen-bond donors (Lipinski definition) is 1. The summed E-state index contributed by atoms with van der Waals surface area (Å²) in [5, 5.41) is 14.3. The first-order chi connectivity index (χ1) is 10.5. The third-order valence-electron chi connectivity index (χ3n) is 3.71. The van der Waals surface area contributed by atoms with Crippen molar-refractivity contribution in [2.45, 2.75) is 32.9 Å². The van der Waals surface area contributed by atoms with Crippen LogP contribution in [-0.2, 0) is 0 Å². The van der Waals surface area contributed by atoms with Crippen LogP contribution in [0, 0.1) is 16.0 Å². The molecular formula is C17H21N3O2. The zero-order valence-corrected chi connectivity index (χ0v) is 13.1. The molecule has 0 spiro atoms. The van der Waals surface area contributed by atoms with Crippen molar-refractivity contribution in [3.8, 4) is 0 Å². The summed E-state index contributed by atoms with van der Waals surface area (Å²) in [5.74, 6) is 0.385. The van der Waals surface area contributed by atoms with Crippen LogP contribution < -0.4 is 5.32 Å². The molecule has 2 rings (SSSR count). The molecule has 0 saturated carbocycles. The summed E-state index contributed by atoms with van der Waals surface area (Å²) in [5.41, 5.74) is 2.14. The Morgan fingerprint density at radius 2 is 1.77 bits per heavy atom. The van der Waals surface area contributed by atoms with Gasteiger partial charge in [-0.1, -0.05) is 32.0 Å². The average molecular weight is 299 g/mol. The fraction of sp³-hybridized carbons (Fsp3) is 0.353. The second-order valence-electron chi connectivity index (χ2n) is 5.71. The van der Waals surface area contributed by atoms with E-state index in [0.29, 0.717) is 5.92 Å². The number of hydrogen-bond acceptors (Lipinski definition) is 4. The third-order valence-corrected chi connectivity index (χ3v) is 3.71. The highest BCUT2D eigenvalue weighted by molar-refractivity contribution is 5.34. The van der Waals surface area contributed by atoms with Crippen LogP contribution in [0.15, 0.2) is 48.7 Å². The maximum absolute atomic E-state index is 10.7. The number of pyridine rings is 1. The molecule has 116 valence electrons. The molecular weight excluding hydrogens is 278 g/mol. The Hall–Kier alpha value is -2.27. The van der Waals surface area contributed by atoms with Gasteiger partial charge in [0.1, 0.15) is 0 Å². The van der Waals surface area contributed by atoms with Crippen molar-refractivity contribution < 1.29 is 4.92 Å². The summed E-state index contributed by atoms with van der Waals surface area (Å²) in [6.45, 7) is 6.35. The number of nitrogens with zero attached hydrogens (tertiary/aromatic N) is 2. The lowest BCUT2D eigenvalue weighted by molar-refractivity contribution is -0.384. The van der Waals surface area contributed by atoms with Gasteiger partial charge in [0.05, 0.1) is 16.7 Å². The predicted octanol–water partition coefficient (Wildman–Crippen LogP) is 4.04. The van der Waals surface area contributed by atoms with Gasteiger partial charge in [-0.05, 0) is 30.5 Å². The molecule has 0 saturated heterocycles. The van der Waals surface area contributed by atoms with E-state index in [0.717, 1.165) is 11.3 Å². The Labute approximate surface area is 130 Å². The number of benzene rings is 1. The highest BCUT2D eigenvalue weighted by Crippen LogP contribution is 2.25. The first kappa shape index (κ1) is 16.1. The minimum Gasteiger partial charge on any atom is -0.302 e. The second-order valence-corrected chi connectivity index (χ2v) is 5.71. The van der Waals surface area contributed by atoms with E-state index in [1.54, 1.807) is 30.5 Å². The normalized spacial score (nSPS) is 13.8. The topological polar surface area (TPSA) is 68.1 Å². The molecule has 1 aromatic carbocycles.